The molecule has 2 aromatic carbocycles. The minimum atomic E-state index is -4.96. The Morgan fingerprint density at radius 2 is 1.56 bits per heavy atom. The van der Waals surface area contributed by atoms with Crippen LogP contribution in [0.3, 0.4) is 0 Å². The van der Waals surface area contributed by atoms with E-state index in [2.05, 4.69) is 50.8 Å². The first-order valence-electron chi connectivity index (χ1n) is 14.9. The molecule has 0 aliphatic carbocycles. The highest BCUT2D eigenvalue weighted by atomic mass is 19.4. The molecule has 1 aromatic heterocycles. The maximum absolute atomic E-state index is 15.8. The number of hydrogen-bond donors (Lipinski definition) is 1. The zero-order valence-electron chi connectivity index (χ0n) is 26.0. The Labute approximate surface area is 259 Å². The zero-order chi connectivity index (χ0) is 32.7. The quantitative estimate of drug-likeness (QED) is 0.360. The largest absolute Gasteiger partial charge is 0.417 e. The van der Waals surface area contributed by atoms with Crippen LogP contribution in [0.15, 0.2) is 42.7 Å². The number of aromatic nitrogens is 2. The fraction of sp³-hybridized carbons (Fsp3) is 0.469. The van der Waals surface area contributed by atoms with Gasteiger partial charge in [0, 0.05) is 80.9 Å². The smallest absolute Gasteiger partial charge is 0.367 e. The monoisotopic (exact) mass is 631 g/mol. The molecule has 0 bridgehead atoms. The fourth-order valence-corrected chi connectivity index (χ4v) is 5.75. The number of benzene rings is 2. The van der Waals surface area contributed by atoms with E-state index in [0.717, 1.165) is 38.3 Å². The van der Waals surface area contributed by atoms with Crippen LogP contribution in [0.1, 0.15) is 43.6 Å². The lowest BCUT2D eigenvalue weighted by Gasteiger charge is -2.42. The molecule has 242 valence electrons. The molecule has 2 saturated heterocycles. The first kappa shape index (κ1) is 32.6. The second kappa shape index (κ2) is 12.5. The van der Waals surface area contributed by atoms with Gasteiger partial charge in [0.15, 0.2) is 0 Å². The molecule has 5 rings (SSSR count). The molecule has 3 aromatic rings. The number of nitrogens with zero attached hydrogens (tertiary/aromatic N) is 6. The maximum Gasteiger partial charge on any atom is 0.417 e. The molecule has 1 amide bonds. The Hall–Kier alpha value is -3.84. The minimum absolute atomic E-state index is 0.0563. The zero-order valence-corrected chi connectivity index (χ0v) is 26.0. The number of nitrogens with one attached hydrogen (secondary N) is 1. The average Bonchev–Trinajstić information content (AvgIpc) is 2.98. The molecule has 45 heavy (non-hydrogen) atoms. The summed E-state index contributed by atoms with van der Waals surface area (Å²) in [5.41, 5.74) is -1.22. The lowest BCUT2D eigenvalue weighted by atomic mass is 10.0. The van der Waals surface area contributed by atoms with Gasteiger partial charge in [-0.3, -0.25) is 9.69 Å². The predicted molar refractivity (Wildman–Crippen MR) is 165 cm³/mol. The van der Waals surface area contributed by atoms with Gasteiger partial charge in [-0.2, -0.15) is 13.2 Å². The molecule has 13 heteroatoms. The summed E-state index contributed by atoms with van der Waals surface area (Å²) in [6.45, 7) is 13.4. The minimum Gasteiger partial charge on any atom is -0.367 e. The van der Waals surface area contributed by atoms with Crippen molar-refractivity contribution in [1.82, 2.24) is 19.8 Å². The van der Waals surface area contributed by atoms with Gasteiger partial charge in [-0.25, -0.2) is 18.7 Å². The van der Waals surface area contributed by atoms with Crippen molar-refractivity contribution in [1.29, 1.82) is 0 Å². The van der Waals surface area contributed by atoms with Crippen molar-refractivity contribution in [2.24, 2.45) is 0 Å². The van der Waals surface area contributed by atoms with E-state index in [0.29, 0.717) is 36.8 Å². The van der Waals surface area contributed by atoms with Crippen LogP contribution in [0.25, 0.3) is 11.1 Å². The third-order valence-corrected chi connectivity index (χ3v) is 8.63. The highest BCUT2D eigenvalue weighted by Gasteiger charge is 2.36. The number of hydrogen-bond acceptors (Lipinski definition) is 7. The molecule has 2 fully saturated rings. The van der Waals surface area contributed by atoms with Crippen molar-refractivity contribution in [3.8, 4) is 11.1 Å². The second-order valence-electron chi connectivity index (χ2n) is 12.7. The van der Waals surface area contributed by atoms with Gasteiger partial charge < -0.3 is 20.0 Å². The number of alkyl halides is 3. The van der Waals surface area contributed by atoms with Crippen molar-refractivity contribution in [2.75, 3.05) is 68.0 Å². The van der Waals surface area contributed by atoms with E-state index >= 15 is 4.39 Å². The molecule has 1 atom stereocenters. The Balaban J connectivity index is 1.47. The van der Waals surface area contributed by atoms with E-state index in [4.69, 9.17) is 0 Å². The summed E-state index contributed by atoms with van der Waals surface area (Å²) in [5, 5.41) is 2.56. The summed E-state index contributed by atoms with van der Waals surface area (Å²) in [4.78, 5) is 30.7. The highest BCUT2D eigenvalue weighted by Crippen LogP contribution is 2.37. The summed E-state index contributed by atoms with van der Waals surface area (Å²) >= 11 is 0. The molecule has 3 heterocycles. The van der Waals surface area contributed by atoms with Crippen LogP contribution in [0.4, 0.5) is 39.3 Å². The molecule has 0 radical (unpaired) electrons. The summed E-state index contributed by atoms with van der Waals surface area (Å²) in [5.74, 6) is -2.29. The number of amides is 1. The number of halogens is 5. The van der Waals surface area contributed by atoms with Crippen LogP contribution in [-0.2, 0) is 6.18 Å². The van der Waals surface area contributed by atoms with Gasteiger partial charge in [-0.1, -0.05) is 0 Å². The lowest BCUT2D eigenvalue weighted by molar-refractivity contribution is -0.138. The Bertz CT molecular complexity index is 1530. The van der Waals surface area contributed by atoms with Gasteiger partial charge >= 0.3 is 6.18 Å². The summed E-state index contributed by atoms with van der Waals surface area (Å²) in [6, 6.07) is 4.65. The SMILES string of the molecule is CC1CN(c2cc(F)c(-c3cnc(N4CCN(C(C)(C)C)CC4)nc3)cc2NC(=O)c2ccc(F)cc2C(F)(F)F)CCN1C. The topological polar surface area (TPSA) is 67.8 Å². The molecule has 8 nitrogen and oxygen atoms in total. The first-order valence-corrected chi connectivity index (χ1v) is 14.9. The highest BCUT2D eigenvalue weighted by molar-refractivity contribution is 6.07. The van der Waals surface area contributed by atoms with Crippen LogP contribution in [0.2, 0.25) is 0 Å². The average molecular weight is 632 g/mol. The van der Waals surface area contributed by atoms with Crippen molar-refractivity contribution >= 4 is 23.2 Å². The number of rotatable bonds is 5. The van der Waals surface area contributed by atoms with Crippen molar-refractivity contribution in [3.05, 3.63) is 65.5 Å². The van der Waals surface area contributed by atoms with Crippen molar-refractivity contribution in [3.63, 3.8) is 0 Å². The molecule has 1 unspecified atom stereocenters. The predicted octanol–water partition coefficient (Wildman–Crippen LogP) is 5.75. The van der Waals surface area contributed by atoms with E-state index in [-0.39, 0.29) is 28.9 Å². The van der Waals surface area contributed by atoms with Gasteiger partial charge in [0.2, 0.25) is 5.95 Å². The van der Waals surface area contributed by atoms with Gasteiger partial charge in [-0.05, 0) is 65.1 Å². The van der Waals surface area contributed by atoms with E-state index in [1.54, 1.807) is 0 Å². The van der Waals surface area contributed by atoms with Crippen LogP contribution >= 0.6 is 0 Å². The third kappa shape index (κ3) is 7.19. The number of carbonyl (C=O) groups excluding carboxylic acids is 1. The van der Waals surface area contributed by atoms with E-state index in [1.807, 2.05) is 18.9 Å². The fourth-order valence-electron chi connectivity index (χ4n) is 5.75. The van der Waals surface area contributed by atoms with Crippen molar-refractivity contribution < 1.29 is 26.7 Å². The molecular weight excluding hydrogens is 593 g/mol. The van der Waals surface area contributed by atoms with Crippen LogP contribution in [0.5, 0.6) is 0 Å². The summed E-state index contributed by atoms with van der Waals surface area (Å²) < 4.78 is 70.7. The first-order chi connectivity index (χ1) is 21.1. The Morgan fingerprint density at radius 3 is 2.16 bits per heavy atom. The van der Waals surface area contributed by atoms with Crippen LogP contribution < -0.4 is 15.1 Å². The molecule has 0 saturated carbocycles. The third-order valence-electron chi connectivity index (χ3n) is 8.63. The summed E-state index contributed by atoms with van der Waals surface area (Å²) in [6.07, 6.45) is -1.96. The normalized spacial score (nSPS) is 18.8. The summed E-state index contributed by atoms with van der Waals surface area (Å²) in [7, 11) is 1.97. The van der Waals surface area contributed by atoms with Gasteiger partial charge in [0.05, 0.1) is 22.5 Å². The number of likely N-dealkylation sites (N-methyl/N-ethyl adjacent to an activating group) is 1. The van der Waals surface area contributed by atoms with Crippen molar-refractivity contribution in [2.45, 2.75) is 45.5 Å². The van der Waals surface area contributed by atoms with E-state index in [9.17, 15) is 22.4 Å². The van der Waals surface area contributed by atoms with Crippen LogP contribution in [0, 0.1) is 11.6 Å². The Morgan fingerprint density at radius 1 is 0.911 bits per heavy atom. The standard InChI is InChI=1S/C32H38F5N7O/c1-20-19-43(9-8-41(20)5)28-16-26(34)24(15-27(28)40-29(45)23-7-6-22(33)14-25(23)32(35,36)37)21-17-38-30(39-18-21)42-10-12-44(13-11-42)31(2,3)4/h6-7,14-18,20H,8-13,19H2,1-5H3,(H,40,45). The molecule has 0 spiro atoms. The molecule has 1 N–H and O–H groups in total. The number of piperazine rings is 2. The van der Waals surface area contributed by atoms with Crippen LogP contribution in [-0.4, -0.2) is 90.1 Å². The molecular formula is C32H38F5N7O. The van der Waals surface area contributed by atoms with E-state index < -0.39 is 34.8 Å². The molecule has 2 aliphatic heterocycles. The van der Waals surface area contributed by atoms with Gasteiger partial charge in [0.1, 0.15) is 11.6 Å². The number of anilines is 3. The van der Waals surface area contributed by atoms with Gasteiger partial charge in [0.25, 0.3) is 5.91 Å². The van der Waals surface area contributed by atoms with E-state index in [1.165, 1.54) is 24.5 Å². The second-order valence-corrected chi connectivity index (χ2v) is 12.7. The lowest BCUT2D eigenvalue weighted by Crippen LogP contribution is -2.53. The Kier molecular flexibility index (Phi) is 9.05. The van der Waals surface area contributed by atoms with Gasteiger partial charge in [-0.15, -0.1) is 0 Å². The number of carbonyl (C=O) groups is 1. The maximum atomic E-state index is 15.8. The molecule has 2 aliphatic rings.